The van der Waals surface area contributed by atoms with Crippen molar-refractivity contribution in [3.05, 3.63) is 54.1 Å². The van der Waals surface area contributed by atoms with Crippen molar-refractivity contribution in [3.63, 3.8) is 0 Å². The zero-order chi connectivity index (χ0) is 20.7. The van der Waals surface area contributed by atoms with Crippen LogP contribution in [0.15, 0.2) is 43.0 Å². The van der Waals surface area contributed by atoms with E-state index >= 15 is 0 Å². The molecule has 0 aliphatic carbocycles. The van der Waals surface area contributed by atoms with Gasteiger partial charge < -0.3 is 14.6 Å². The van der Waals surface area contributed by atoms with Crippen LogP contribution in [0.2, 0.25) is 0 Å². The Morgan fingerprint density at radius 3 is 2.25 bits per heavy atom. The summed E-state index contributed by atoms with van der Waals surface area (Å²) in [5.74, 6) is -0.186. The number of hydrogen-bond acceptors (Lipinski definition) is 3. The van der Waals surface area contributed by atoms with Crippen molar-refractivity contribution in [3.8, 4) is 5.75 Å². The topological polar surface area (TPSA) is 39.1 Å². The molecular weight excluding hydrogens is 388 g/mol. The number of alkyl halides is 6. The van der Waals surface area contributed by atoms with E-state index < -0.39 is 23.9 Å². The zero-order valence-corrected chi connectivity index (χ0v) is 14.3. The van der Waals surface area contributed by atoms with Crippen LogP contribution in [0.25, 0.3) is 17.1 Å². The van der Waals surface area contributed by atoms with Gasteiger partial charge in [0, 0.05) is 18.3 Å². The molecule has 1 heterocycles. The Bertz CT molecular complexity index is 1020. The number of imidazole rings is 1. The number of fused-ring (bicyclic) bond motifs is 1. The highest BCUT2D eigenvalue weighted by Gasteiger charge is 2.32. The van der Waals surface area contributed by atoms with E-state index in [1.807, 2.05) is 0 Å². The lowest BCUT2D eigenvalue weighted by Gasteiger charge is -2.11. The number of ether oxygens (including phenoxy) is 1. The fourth-order valence-corrected chi connectivity index (χ4v) is 2.69. The Morgan fingerprint density at radius 2 is 1.71 bits per heavy atom. The number of halogens is 6. The normalized spacial score (nSPS) is 12.2. The molecule has 0 aliphatic rings. The van der Waals surface area contributed by atoms with Crippen molar-refractivity contribution in [2.24, 2.45) is 7.05 Å². The predicted octanol–water partition coefficient (Wildman–Crippen LogP) is 5.88. The molecule has 148 valence electrons. The maximum absolute atomic E-state index is 13.1. The van der Waals surface area contributed by atoms with E-state index in [0.717, 1.165) is 24.3 Å². The Hall–Kier alpha value is -3.17. The average molecular weight is 401 g/mol. The highest BCUT2D eigenvalue weighted by atomic mass is 19.4. The second kappa shape index (κ2) is 6.77. The van der Waals surface area contributed by atoms with Crippen LogP contribution in [-0.4, -0.2) is 15.9 Å². The van der Waals surface area contributed by atoms with E-state index in [1.165, 1.54) is 22.8 Å². The molecule has 2 aromatic carbocycles. The lowest BCUT2D eigenvalue weighted by atomic mass is 10.1. The predicted molar refractivity (Wildman–Crippen MR) is 92.2 cm³/mol. The van der Waals surface area contributed by atoms with E-state index in [1.54, 1.807) is 7.05 Å². The van der Waals surface area contributed by atoms with Crippen LogP contribution in [0.4, 0.5) is 38.0 Å². The van der Waals surface area contributed by atoms with Gasteiger partial charge in [0.25, 0.3) is 0 Å². The maximum Gasteiger partial charge on any atom is 0.573 e. The summed E-state index contributed by atoms with van der Waals surface area (Å²) in [7, 11) is 1.60. The SMILES string of the molecule is C=Cc1cc(C(F)(F)F)cc2nc(Nc3ccc(OC(F)(F)F)cc3)n(C)c12. The summed E-state index contributed by atoms with van der Waals surface area (Å²) in [6.45, 7) is 3.54. The number of anilines is 2. The van der Waals surface area contributed by atoms with Gasteiger partial charge in [-0.3, -0.25) is 0 Å². The fourth-order valence-electron chi connectivity index (χ4n) is 2.69. The summed E-state index contributed by atoms with van der Waals surface area (Å²) in [4.78, 5) is 4.16. The van der Waals surface area contributed by atoms with Gasteiger partial charge in [0.2, 0.25) is 5.95 Å². The molecule has 28 heavy (non-hydrogen) atoms. The molecule has 3 aromatic rings. The third-order valence-electron chi connectivity index (χ3n) is 3.89. The van der Waals surface area contributed by atoms with Gasteiger partial charge in [0.15, 0.2) is 0 Å². The standard InChI is InChI=1S/C18H13F6N3O/c1-3-10-8-11(17(19,20)21)9-14-15(10)27(2)16(26-14)25-12-4-6-13(7-5-12)28-18(22,23)24/h3-9H,1H2,2H3,(H,25,26). The molecule has 0 radical (unpaired) electrons. The summed E-state index contributed by atoms with van der Waals surface area (Å²) >= 11 is 0. The molecule has 1 N–H and O–H groups in total. The summed E-state index contributed by atoms with van der Waals surface area (Å²) in [5, 5.41) is 2.86. The van der Waals surface area contributed by atoms with E-state index in [9.17, 15) is 26.3 Å². The Labute approximate surface area is 155 Å². The number of aryl methyl sites for hydroxylation is 1. The van der Waals surface area contributed by atoms with Crippen molar-refractivity contribution in [2.75, 3.05) is 5.32 Å². The minimum absolute atomic E-state index is 0.103. The number of hydrogen-bond donors (Lipinski definition) is 1. The third-order valence-corrected chi connectivity index (χ3v) is 3.89. The van der Waals surface area contributed by atoms with Gasteiger partial charge in [0.1, 0.15) is 5.75 Å². The van der Waals surface area contributed by atoms with Gasteiger partial charge in [0.05, 0.1) is 16.6 Å². The minimum atomic E-state index is -4.80. The van der Waals surface area contributed by atoms with Gasteiger partial charge in [-0.25, -0.2) is 4.98 Å². The van der Waals surface area contributed by atoms with Crippen LogP contribution in [0.1, 0.15) is 11.1 Å². The third kappa shape index (κ3) is 4.05. The Balaban J connectivity index is 1.96. The molecule has 0 fully saturated rings. The number of rotatable bonds is 4. The van der Waals surface area contributed by atoms with Crippen LogP contribution in [-0.2, 0) is 13.2 Å². The average Bonchev–Trinajstić information content (AvgIpc) is 2.90. The molecule has 0 amide bonds. The zero-order valence-electron chi connectivity index (χ0n) is 14.3. The van der Waals surface area contributed by atoms with Crippen molar-refractivity contribution < 1.29 is 31.1 Å². The first-order valence-electron chi connectivity index (χ1n) is 7.81. The number of benzene rings is 2. The van der Waals surface area contributed by atoms with Crippen LogP contribution in [0, 0.1) is 0 Å². The molecule has 0 atom stereocenters. The summed E-state index contributed by atoms with van der Waals surface area (Å²) in [5.41, 5.74) is 0.313. The first-order valence-corrected chi connectivity index (χ1v) is 7.81. The monoisotopic (exact) mass is 401 g/mol. The van der Waals surface area contributed by atoms with Gasteiger partial charge in [-0.2, -0.15) is 13.2 Å². The van der Waals surface area contributed by atoms with E-state index in [2.05, 4.69) is 21.6 Å². The maximum atomic E-state index is 13.1. The van der Waals surface area contributed by atoms with Crippen LogP contribution >= 0.6 is 0 Å². The quantitative estimate of drug-likeness (QED) is 0.555. The van der Waals surface area contributed by atoms with Crippen LogP contribution in [0.5, 0.6) is 5.75 Å². The smallest absolute Gasteiger partial charge is 0.406 e. The Kier molecular flexibility index (Phi) is 4.74. The van der Waals surface area contributed by atoms with E-state index in [0.29, 0.717) is 11.2 Å². The second-order valence-corrected chi connectivity index (χ2v) is 5.83. The highest BCUT2D eigenvalue weighted by molar-refractivity contribution is 5.88. The first kappa shape index (κ1) is 19.6. The summed E-state index contributed by atoms with van der Waals surface area (Å²) in [6, 6.07) is 6.77. The molecule has 4 nitrogen and oxygen atoms in total. The highest BCUT2D eigenvalue weighted by Crippen LogP contribution is 2.35. The van der Waals surface area contributed by atoms with Crippen molar-refractivity contribution in [1.29, 1.82) is 0 Å². The number of nitrogens with zero attached hydrogens (tertiary/aromatic N) is 2. The lowest BCUT2D eigenvalue weighted by Crippen LogP contribution is -2.17. The van der Waals surface area contributed by atoms with Gasteiger partial charge in [-0.05, 0) is 36.4 Å². The van der Waals surface area contributed by atoms with Crippen LogP contribution < -0.4 is 10.1 Å². The molecule has 0 saturated carbocycles. The molecule has 3 rings (SSSR count). The molecule has 10 heteroatoms. The number of aromatic nitrogens is 2. The molecule has 0 bridgehead atoms. The fraction of sp³-hybridized carbons (Fsp3) is 0.167. The second-order valence-electron chi connectivity index (χ2n) is 5.83. The van der Waals surface area contributed by atoms with Crippen molar-refractivity contribution in [1.82, 2.24) is 9.55 Å². The molecule has 0 unspecified atom stereocenters. The molecule has 0 saturated heterocycles. The molecule has 1 aromatic heterocycles. The number of nitrogens with one attached hydrogen (secondary N) is 1. The summed E-state index contributed by atoms with van der Waals surface area (Å²) < 4.78 is 81.1. The van der Waals surface area contributed by atoms with E-state index in [-0.39, 0.29) is 17.0 Å². The minimum Gasteiger partial charge on any atom is -0.406 e. The Morgan fingerprint density at radius 1 is 1.07 bits per heavy atom. The largest absolute Gasteiger partial charge is 0.573 e. The van der Waals surface area contributed by atoms with E-state index in [4.69, 9.17) is 0 Å². The molecular formula is C18H13F6N3O. The van der Waals surface area contributed by atoms with Gasteiger partial charge >= 0.3 is 12.5 Å². The van der Waals surface area contributed by atoms with Crippen molar-refractivity contribution >= 4 is 28.7 Å². The van der Waals surface area contributed by atoms with Crippen molar-refractivity contribution in [2.45, 2.75) is 12.5 Å². The van der Waals surface area contributed by atoms with Gasteiger partial charge in [-0.1, -0.05) is 12.7 Å². The lowest BCUT2D eigenvalue weighted by molar-refractivity contribution is -0.274. The molecule has 0 aliphatic heterocycles. The summed E-state index contributed by atoms with van der Waals surface area (Å²) in [6.07, 6.45) is -8.04. The first-order chi connectivity index (χ1) is 13.0. The van der Waals surface area contributed by atoms with Gasteiger partial charge in [-0.15, -0.1) is 13.2 Å². The molecule has 0 spiro atoms. The van der Waals surface area contributed by atoms with Crippen LogP contribution in [0.3, 0.4) is 0 Å².